The summed E-state index contributed by atoms with van der Waals surface area (Å²) in [6.45, 7) is 6.49. The minimum Gasteiger partial charge on any atom is -0.382 e. The third-order valence-corrected chi connectivity index (χ3v) is 2.66. The number of hydrogen-bond donors (Lipinski definition) is 1. The highest BCUT2D eigenvalue weighted by Crippen LogP contribution is 2.16. The SMILES string of the molecule is C/C=C/CCNc1cnn(C(C)C)c(=O)c1Cl. The second-order valence-corrected chi connectivity index (χ2v) is 4.38. The summed E-state index contributed by atoms with van der Waals surface area (Å²) >= 11 is 6.00. The van der Waals surface area contributed by atoms with Gasteiger partial charge in [0.05, 0.1) is 17.9 Å². The van der Waals surface area contributed by atoms with E-state index in [4.69, 9.17) is 11.6 Å². The van der Waals surface area contributed by atoms with E-state index in [2.05, 4.69) is 10.4 Å². The molecular weight excluding hydrogens is 238 g/mol. The number of nitrogens with one attached hydrogen (secondary N) is 1. The van der Waals surface area contributed by atoms with Gasteiger partial charge in [0, 0.05) is 6.54 Å². The Kier molecular flexibility index (Phi) is 5.22. The van der Waals surface area contributed by atoms with Crippen LogP contribution in [0.3, 0.4) is 0 Å². The standard InChI is InChI=1S/C12H18ClN3O/c1-4-5-6-7-14-10-8-15-16(9(2)3)12(17)11(10)13/h4-5,8-9,14H,6-7H2,1-3H3/b5-4+. The van der Waals surface area contributed by atoms with Gasteiger partial charge < -0.3 is 5.32 Å². The number of hydrogen-bond acceptors (Lipinski definition) is 3. The summed E-state index contributed by atoms with van der Waals surface area (Å²) in [6, 6.07) is 0.0112. The van der Waals surface area contributed by atoms with Crippen molar-refractivity contribution in [2.24, 2.45) is 0 Å². The van der Waals surface area contributed by atoms with E-state index < -0.39 is 0 Å². The summed E-state index contributed by atoms with van der Waals surface area (Å²) < 4.78 is 1.37. The molecule has 0 saturated heterocycles. The van der Waals surface area contributed by atoms with E-state index in [0.717, 1.165) is 13.0 Å². The maximum Gasteiger partial charge on any atom is 0.287 e. The zero-order valence-electron chi connectivity index (χ0n) is 10.4. The Bertz CT molecular complexity index is 452. The number of aromatic nitrogens is 2. The molecule has 0 aliphatic carbocycles. The van der Waals surface area contributed by atoms with Gasteiger partial charge in [0.1, 0.15) is 5.02 Å². The predicted molar refractivity (Wildman–Crippen MR) is 71.8 cm³/mol. The van der Waals surface area contributed by atoms with Gasteiger partial charge in [-0.2, -0.15) is 5.10 Å². The van der Waals surface area contributed by atoms with E-state index in [0.29, 0.717) is 5.69 Å². The van der Waals surface area contributed by atoms with Gasteiger partial charge in [-0.3, -0.25) is 4.79 Å². The monoisotopic (exact) mass is 255 g/mol. The van der Waals surface area contributed by atoms with Crippen LogP contribution in [0.15, 0.2) is 23.1 Å². The molecule has 0 bridgehead atoms. The van der Waals surface area contributed by atoms with E-state index in [1.165, 1.54) is 4.68 Å². The lowest BCUT2D eigenvalue weighted by atomic mass is 10.3. The maximum atomic E-state index is 11.8. The van der Waals surface area contributed by atoms with Crippen LogP contribution in [0.1, 0.15) is 33.2 Å². The number of halogens is 1. The van der Waals surface area contributed by atoms with Crippen molar-refractivity contribution in [3.05, 3.63) is 33.7 Å². The van der Waals surface area contributed by atoms with E-state index in [1.807, 2.05) is 32.9 Å². The fourth-order valence-corrected chi connectivity index (χ4v) is 1.59. The highest BCUT2D eigenvalue weighted by atomic mass is 35.5. The zero-order valence-corrected chi connectivity index (χ0v) is 11.2. The van der Waals surface area contributed by atoms with Gasteiger partial charge in [-0.05, 0) is 27.2 Å². The molecule has 0 amide bonds. The summed E-state index contributed by atoms with van der Waals surface area (Å²) in [7, 11) is 0. The van der Waals surface area contributed by atoms with Crippen molar-refractivity contribution in [2.75, 3.05) is 11.9 Å². The highest BCUT2D eigenvalue weighted by molar-refractivity contribution is 6.32. The number of anilines is 1. The van der Waals surface area contributed by atoms with Gasteiger partial charge in [0.2, 0.25) is 0 Å². The quantitative estimate of drug-likeness (QED) is 0.650. The molecule has 0 aliphatic heterocycles. The van der Waals surface area contributed by atoms with E-state index in [1.54, 1.807) is 6.20 Å². The van der Waals surface area contributed by atoms with Crippen LogP contribution in [0.5, 0.6) is 0 Å². The Morgan fingerprint density at radius 2 is 2.29 bits per heavy atom. The molecule has 5 heteroatoms. The lowest BCUT2D eigenvalue weighted by molar-refractivity contribution is 0.503. The van der Waals surface area contributed by atoms with Crippen LogP contribution in [-0.4, -0.2) is 16.3 Å². The normalized spacial score (nSPS) is 11.4. The highest BCUT2D eigenvalue weighted by Gasteiger charge is 2.10. The Morgan fingerprint density at radius 1 is 1.59 bits per heavy atom. The Labute approximate surface area is 106 Å². The Hall–Kier alpha value is -1.29. The molecule has 0 spiro atoms. The summed E-state index contributed by atoms with van der Waals surface area (Å²) in [5, 5.41) is 7.38. The molecule has 17 heavy (non-hydrogen) atoms. The first-order chi connectivity index (χ1) is 8.07. The molecule has 1 rings (SSSR count). The Balaban J connectivity index is 2.82. The van der Waals surface area contributed by atoms with Crippen LogP contribution in [0.4, 0.5) is 5.69 Å². The first-order valence-corrected chi connectivity index (χ1v) is 6.08. The molecule has 4 nitrogen and oxygen atoms in total. The number of rotatable bonds is 5. The predicted octanol–water partition coefficient (Wildman–Crippen LogP) is 2.86. The molecule has 1 N–H and O–H groups in total. The van der Waals surface area contributed by atoms with Crippen molar-refractivity contribution in [1.82, 2.24) is 9.78 Å². The van der Waals surface area contributed by atoms with Crippen LogP contribution in [0.25, 0.3) is 0 Å². The number of nitrogens with zero attached hydrogens (tertiary/aromatic N) is 2. The maximum absolute atomic E-state index is 11.8. The average Bonchev–Trinajstić information content (AvgIpc) is 2.29. The van der Waals surface area contributed by atoms with Crippen molar-refractivity contribution < 1.29 is 0 Å². The van der Waals surface area contributed by atoms with Crippen molar-refractivity contribution in [1.29, 1.82) is 0 Å². The van der Waals surface area contributed by atoms with Gasteiger partial charge in [-0.1, -0.05) is 23.8 Å². The molecule has 0 radical (unpaired) electrons. The summed E-state index contributed by atoms with van der Waals surface area (Å²) in [4.78, 5) is 11.8. The first kappa shape index (κ1) is 13.8. The van der Waals surface area contributed by atoms with E-state index >= 15 is 0 Å². The van der Waals surface area contributed by atoms with E-state index in [-0.39, 0.29) is 16.6 Å². The largest absolute Gasteiger partial charge is 0.382 e. The molecule has 1 aromatic heterocycles. The minimum absolute atomic E-state index is 0.0112. The van der Waals surface area contributed by atoms with Crippen LogP contribution in [0.2, 0.25) is 5.02 Å². The second-order valence-electron chi connectivity index (χ2n) is 4.00. The van der Waals surface area contributed by atoms with Gasteiger partial charge >= 0.3 is 0 Å². The lowest BCUT2D eigenvalue weighted by Crippen LogP contribution is -2.25. The van der Waals surface area contributed by atoms with Crippen LogP contribution < -0.4 is 10.9 Å². The molecule has 0 fully saturated rings. The smallest absolute Gasteiger partial charge is 0.287 e. The molecule has 0 unspecified atom stereocenters. The fraction of sp³-hybridized carbons (Fsp3) is 0.500. The van der Waals surface area contributed by atoms with Crippen LogP contribution in [0, 0.1) is 0 Å². The average molecular weight is 256 g/mol. The zero-order chi connectivity index (χ0) is 12.8. The van der Waals surface area contributed by atoms with Crippen molar-refractivity contribution in [3.8, 4) is 0 Å². The topological polar surface area (TPSA) is 46.9 Å². The third kappa shape index (κ3) is 3.60. The molecule has 1 heterocycles. The van der Waals surface area contributed by atoms with Crippen LogP contribution >= 0.6 is 11.6 Å². The summed E-state index contributed by atoms with van der Waals surface area (Å²) in [5.74, 6) is 0. The fourth-order valence-electron chi connectivity index (χ4n) is 1.39. The molecular formula is C12H18ClN3O. The minimum atomic E-state index is -0.252. The summed E-state index contributed by atoms with van der Waals surface area (Å²) in [6.07, 6.45) is 6.52. The molecule has 0 aromatic carbocycles. The second kappa shape index (κ2) is 6.45. The first-order valence-electron chi connectivity index (χ1n) is 5.70. The van der Waals surface area contributed by atoms with Crippen molar-refractivity contribution in [2.45, 2.75) is 33.2 Å². The Morgan fingerprint density at radius 3 is 2.88 bits per heavy atom. The van der Waals surface area contributed by atoms with Crippen molar-refractivity contribution >= 4 is 17.3 Å². The molecule has 1 aromatic rings. The molecule has 94 valence electrons. The van der Waals surface area contributed by atoms with Gasteiger partial charge in [-0.25, -0.2) is 4.68 Å². The summed E-state index contributed by atoms with van der Waals surface area (Å²) in [5.41, 5.74) is 0.343. The third-order valence-electron chi connectivity index (χ3n) is 2.29. The van der Waals surface area contributed by atoms with Gasteiger partial charge in [0.15, 0.2) is 0 Å². The molecule has 0 saturated carbocycles. The van der Waals surface area contributed by atoms with Gasteiger partial charge in [0.25, 0.3) is 5.56 Å². The number of allylic oxidation sites excluding steroid dienone is 1. The van der Waals surface area contributed by atoms with Crippen molar-refractivity contribution in [3.63, 3.8) is 0 Å². The molecule has 0 atom stereocenters. The van der Waals surface area contributed by atoms with E-state index in [9.17, 15) is 4.79 Å². The molecule has 0 aliphatic rings. The van der Waals surface area contributed by atoms with Gasteiger partial charge in [-0.15, -0.1) is 0 Å². The lowest BCUT2D eigenvalue weighted by Gasteiger charge is -2.11. The van der Waals surface area contributed by atoms with Crippen LogP contribution in [-0.2, 0) is 0 Å².